The van der Waals surface area contributed by atoms with Crippen LogP contribution in [0.15, 0.2) is 23.1 Å². The summed E-state index contributed by atoms with van der Waals surface area (Å²) in [7, 11) is -2.58. The van der Waals surface area contributed by atoms with E-state index in [1.807, 2.05) is 0 Å². The molecule has 0 saturated carbocycles. The molecule has 0 atom stereocenters. The smallest absolute Gasteiger partial charge is 0.289 e. The number of anilines is 1. The fourth-order valence-electron chi connectivity index (χ4n) is 1.39. The topological polar surface area (TPSA) is 119 Å². The van der Waals surface area contributed by atoms with E-state index in [-0.39, 0.29) is 16.6 Å². The lowest BCUT2D eigenvalue weighted by molar-refractivity contribution is -0.387. The first kappa shape index (κ1) is 15.3. The molecule has 0 heterocycles. The maximum atomic E-state index is 12.3. The zero-order chi connectivity index (χ0) is 14.8. The highest BCUT2D eigenvalue weighted by molar-refractivity contribution is 7.89. The number of hydrogen-bond acceptors (Lipinski definition) is 6. The summed E-state index contributed by atoms with van der Waals surface area (Å²) in [5.41, 5.74) is 2.07. The Morgan fingerprint density at radius 3 is 2.42 bits per heavy atom. The minimum absolute atomic E-state index is 0.279. The summed E-state index contributed by atoms with van der Waals surface area (Å²) in [6.45, 7) is 3.35. The van der Waals surface area contributed by atoms with Gasteiger partial charge in [-0.05, 0) is 26.0 Å². The van der Waals surface area contributed by atoms with E-state index < -0.39 is 20.6 Å². The lowest BCUT2D eigenvalue weighted by atomic mass is 10.3. The van der Waals surface area contributed by atoms with E-state index in [1.165, 1.54) is 13.1 Å². The van der Waals surface area contributed by atoms with Gasteiger partial charge in [0.2, 0.25) is 10.0 Å². The molecule has 0 bridgehead atoms. The Morgan fingerprint density at radius 2 is 2.00 bits per heavy atom. The van der Waals surface area contributed by atoms with Crippen molar-refractivity contribution >= 4 is 21.4 Å². The number of rotatable bonds is 5. The van der Waals surface area contributed by atoms with Gasteiger partial charge in [0.1, 0.15) is 0 Å². The zero-order valence-electron chi connectivity index (χ0n) is 10.8. The maximum absolute atomic E-state index is 12.3. The van der Waals surface area contributed by atoms with Crippen LogP contribution in [0.5, 0.6) is 0 Å². The largest absolute Gasteiger partial charge is 0.324 e. The summed E-state index contributed by atoms with van der Waals surface area (Å²) in [6, 6.07) is 3.27. The van der Waals surface area contributed by atoms with Gasteiger partial charge in [0.25, 0.3) is 5.69 Å². The Kier molecular flexibility index (Phi) is 4.45. The second-order valence-electron chi connectivity index (χ2n) is 4.20. The van der Waals surface area contributed by atoms with Crippen LogP contribution in [0.4, 0.5) is 11.4 Å². The quantitative estimate of drug-likeness (QED) is 0.472. The van der Waals surface area contributed by atoms with Crippen LogP contribution in [0.3, 0.4) is 0 Å². The molecule has 0 amide bonds. The van der Waals surface area contributed by atoms with E-state index in [0.29, 0.717) is 0 Å². The van der Waals surface area contributed by atoms with Crippen LogP contribution in [0.25, 0.3) is 0 Å². The van der Waals surface area contributed by atoms with Crippen molar-refractivity contribution < 1.29 is 13.3 Å². The van der Waals surface area contributed by atoms with Gasteiger partial charge >= 0.3 is 0 Å². The monoisotopic (exact) mass is 288 g/mol. The van der Waals surface area contributed by atoms with Crippen LogP contribution >= 0.6 is 0 Å². The average Bonchev–Trinajstić information content (AvgIpc) is 2.36. The second-order valence-corrected chi connectivity index (χ2v) is 6.16. The first-order valence-corrected chi connectivity index (χ1v) is 6.89. The first-order valence-electron chi connectivity index (χ1n) is 5.45. The van der Waals surface area contributed by atoms with Crippen LogP contribution in [-0.2, 0) is 10.0 Å². The Balaban J connectivity index is 3.51. The number of nitrogens with one attached hydrogen (secondary N) is 1. The highest BCUT2D eigenvalue weighted by Gasteiger charge is 2.31. The molecule has 0 saturated heterocycles. The van der Waals surface area contributed by atoms with Gasteiger partial charge in [-0.3, -0.25) is 16.0 Å². The molecule has 9 heteroatoms. The Hall–Kier alpha value is -1.71. The van der Waals surface area contributed by atoms with Gasteiger partial charge in [-0.25, -0.2) is 8.42 Å². The molecule has 1 aromatic rings. The summed E-state index contributed by atoms with van der Waals surface area (Å²) in [4.78, 5) is 9.81. The number of nitrogens with two attached hydrogens (primary N) is 1. The highest BCUT2D eigenvalue weighted by Crippen LogP contribution is 2.29. The lowest BCUT2D eigenvalue weighted by Crippen LogP contribution is -2.33. The normalized spacial score (nSPS) is 11.9. The standard InChI is InChI=1S/C10H16N4O4S/c1-7(2)13(3)19(17,18)10-6-8(12-11)4-5-9(10)14(15)16/h4-7,12H,11H2,1-3H3. The van der Waals surface area contributed by atoms with Crippen molar-refractivity contribution in [1.82, 2.24) is 4.31 Å². The molecule has 0 unspecified atom stereocenters. The van der Waals surface area contributed by atoms with E-state index in [1.54, 1.807) is 13.8 Å². The van der Waals surface area contributed by atoms with Crippen LogP contribution in [-0.4, -0.2) is 30.7 Å². The van der Waals surface area contributed by atoms with Crippen LogP contribution < -0.4 is 11.3 Å². The van der Waals surface area contributed by atoms with Crippen molar-refractivity contribution in [3.63, 3.8) is 0 Å². The van der Waals surface area contributed by atoms with Crippen LogP contribution in [0.2, 0.25) is 0 Å². The van der Waals surface area contributed by atoms with E-state index in [2.05, 4.69) is 5.43 Å². The average molecular weight is 288 g/mol. The van der Waals surface area contributed by atoms with Crippen molar-refractivity contribution in [3.8, 4) is 0 Å². The number of sulfonamides is 1. The minimum Gasteiger partial charge on any atom is -0.324 e. The molecule has 1 rings (SSSR count). The third-order valence-electron chi connectivity index (χ3n) is 2.71. The SMILES string of the molecule is CC(C)N(C)S(=O)(=O)c1cc(NN)ccc1[N+](=O)[O-]. The summed E-state index contributed by atoms with van der Waals surface area (Å²) in [5.74, 6) is 5.20. The van der Waals surface area contributed by atoms with Crippen molar-refractivity contribution in [2.45, 2.75) is 24.8 Å². The summed E-state index contributed by atoms with van der Waals surface area (Å²) < 4.78 is 25.7. The number of benzene rings is 1. The van der Waals surface area contributed by atoms with Gasteiger partial charge in [-0.15, -0.1) is 0 Å². The molecule has 8 nitrogen and oxygen atoms in total. The molecule has 106 valence electrons. The molecular formula is C10H16N4O4S. The van der Waals surface area contributed by atoms with Crippen molar-refractivity contribution in [3.05, 3.63) is 28.3 Å². The predicted octanol–water partition coefficient (Wildman–Crippen LogP) is 0.909. The molecule has 0 aromatic heterocycles. The Bertz CT molecular complexity index is 585. The van der Waals surface area contributed by atoms with Gasteiger partial charge in [-0.1, -0.05) is 0 Å². The molecule has 0 aliphatic heterocycles. The van der Waals surface area contributed by atoms with Gasteiger partial charge in [0, 0.05) is 19.2 Å². The van der Waals surface area contributed by atoms with Crippen LogP contribution in [0.1, 0.15) is 13.8 Å². The van der Waals surface area contributed by atoms with E-state index in [9.17, 15) is 18.5 Å². The molecule has 3 N–H and O–H groups in total. The fourth-order valence-corrected chi connectivity index (χ4v) is 2.94. The third-order valence-corrected chi connectivity index (χ3v) is 4.77. The van der Waals surface area contributed by atoms with Gasteiger partial charge in [0.05, 0.1) is 10.6 Å². The summed E-state index contributed by atoms with van der Waals surface area (Å²) >= 11 is 0. The van der Waals surface area contributed by atoms with Crippen molar-refractivity contribution in [2.24, 2.45) is 5.84 Å². The molecule has 0 aliphatic carbocycles. The molecular weight excluding hydrogens is 272 g/mol. The number of nitrogen functional groups attached to an aromatic ring is 1. The number of nitrogens with zero attached hydrogens (tertiary/aromatic N) is 2. The molecule has 0 radical (unpaired) electrons. The Morgan fingerprint density at radius 1 is 1.42 bits per heavy atom. The van der Waals surface area contributed by atoms with E-state index >= 15 is 0 Å². The fraction of sp³-hybridized carbons (Fsp3) is 0.400. The Labute approximate surface area is 111 Å². The maximum Gasteiger partial charge on any atom is 0.289 e. The predicted molar refractivity (Wildman–Crippen MR) is 71.0 cm³/mol. The van der Waals surface area contributed by atoms with Crippen molar-refractivity contribution in [2.75, 3.05) is 12.5 Å². The number of hydrogen-bond donors (Lipinski definition) is 2. The molecule has 19 heavy (non-hydrogen) atoms. The number of hydrazine groups is 1. The first-order chi connectivity index (χ1) is 8.71. The minimum atomic E-state index is -3.95. The number of nitro groups is 1. The molecule has 0 aliphatic rings. The molecule has 1 aromatic carbocycles. The lowest BCUT2D eigenvalue weighted by Gasteiger charge is -2.21. The summed E-state index contributed by atoms with van der Waals surface area (Å²) in [6.07, 6.45) is 0. The third kappa shape index (κ3) is 3.00. The molecule has 0 spiro atoms. The van der Waals surface area contributed by atoms with Gasteiger partial charge in [-0.2, -0.15) is 4.31 Å². The zero-order valence-corrected chi connectivity index (χ0v) is 11.6. The van der Waals surface area contributed by atoms with E-state index in [4.69, 9.17) is 5.84 Å². The second kappa shape index (κ2) is 5.51. The highest BCUT2D eigenvalue weighted by atomic mass is 32.2. The summed E-state index contributed by atoms with van der Waals surface area (Å²) in [5, 5.41) is 10.9. The number of nitro benzene ring substituents is 1. The van der Waals surface area contributed by atoms with E-state index in [0.717, 1.165) is 16.4 Å². The molecule has 0 fully saturated rings. The van der Waals surface area contributed by atoms with Crippen molar-refractivity contribution in [1.29, 1.82) is 0 Å². The van der Waals surface area contributed by atoms with Crippen LogP contribution in [0, 0.1) is 10.1 Å². The van der Waals surface area contributed by atoms with Gasteiger partial charge in [0.15, 0.2) is 4.90 Å². The van der Waals surface area contributed by atoms with Gasteiger partial charge < -0.3 is 5.43 Å².